The highest BCUT2D eigenvalue weighted by molar-refractivity contribution is 5.20. The average Bonchev–Trinajstić information content (AvgIpc) is 2.47. The minimum atomic E-state index is 0.0987. The van der Waals surface area contributed by atoms with Crippen LogP contribution in [0.3, 0.4) is 0 Å². The predicted molar refractivity (Wildman–Crippen MR) is 80.0 cm³/mol. The highest BCUT2D eigenvalue weighted by Crippen LogP contribution is 2.19. The fourth-order valence-corrected chi connectivity index (χ4v) is 1.99. The van der Waals surface area contributed by atoms with E-state index in [4.69, 9.17) is 15.1 Å². The molecule has 2 atom stereocenters. The molecule has 0 aliphatic carbocycles. The topological polar surface area (TPSA) is 53.2 Å². The number of nitrogens with zero attached hydrogens (tertiary/aromatic N) is 1. The van der Waals surface area contributed by atoms with Crippen LogP contribution in [-0.4, -0.2) is 11.7 Å². The Morgan fingerprint density at radius 3 is 2.60 bits per heavy atom. The van der Waals surface area contributed by atoms with Crippen LogP contribution in [0.2, 0.25) is 0 Å². The van der Waals surface area contributed by atoms with Crippen molar-refractivity contribution in [3.05, 3.63) is 47.7 Å². The number of allylic oxidation sites excluding steroid dienone is 1. The van der Waals surface area contributed by atoms with E-state index in [9.17, 15) is 0 Å². The van der Waals surface area contributed by atoms with Crippen LogP contribution in [0.15, 0.2) is 42.2 Å². The van der Waals surface area contributed by atoms with Gasteiger partial charge in [0.25, 0.3) is 0 Å². The van der Waals surface area contributed by atoms with Gasteiger partial charge in [-0.25, -0.2) is 0 Å². The summed E-state index contributed by atoms with van der Waals surface area (Å²) >= 11 is 0. The number of hydrogen-bond acceptors (Lipinski definition) is 3. The third-order valence-electron chi connectivity index (χ3n) is 3.41. The van der Waals surface area contributed by atoms with Crippen molar-refractivity contribution in [1.82, 2.24) is 0 Å². The number of nitriles is 1. The number of aliphatic hydroxyl groups is 1. The van der Waals surface area contributed by atoms with Gasteiger partial charge in [0, 0.05) is 6.61 Å². The fourth-order valence-electron chi connectivity index (χ4n) is 1.99. The van der Waals surface area contributed by atoms with Crippen LogP contribution >= 0.6 is 0 Å². The Kier molecular flexibility index (Phi) is 7.46. The molecule has 1 rings (SSSR count). The maximum absolute atomic E-state index is 8.92. The minimum Gasteiger partial charge on any atom is -0.515 e. The van der Waals surface area contributed by atoms with Crippen molar-refractivity contribution in [1.29, 1.82) is 5.26 Å². The van der Waals surface area contributed by atoms with Crippen LogP contribution in [0.5, 0.6) is 0 Å². The van der Waals surface area contributed by atoms with E-state index in [2.05, 4.69) is 19.1 Å². The summed E-state index contributed by atoms with van der Waals surface area (Å²) in [6, 6.07) is 12.1. The molecule has 0 saturated heterocycles. The first kappa shape index (κ1) is 16.3. The standard InChI is InChI=1S/C17H23NO2/c1-14(8-9-15(2)17(10-18)11-19)12-20-13-16-6-4-3-5-7-16/h3-7,11,14-15,19H,8-9,12-13H2,1-2H3/b17-11+/t14-,15?/m0/s1. The van der Waals surface area contributed by atoms with Crippen LogP contribution in [0.4, 0.5) is 0 Å². The Balaban J connectivity index is 2.21. The predicted octanol–water partition coefficient (Wildman–Crippen LogP) is 4.22. The van der Waals surface area contributed by atoms with E-state index in [1.54, 1.807) is 0 Å². The lowest BCUT2D eigenvalue weighted by Gasteiger charge is -2.15. The van der Waals surface area contributed by atoms with Gasteiger partial charge in [-0.05, 0) is 30.2 Å². The second kappa shape index (κ2) is 9.17. The number of rotatable bonds is 8. The molecule has 20 heavy (non-hydrogen) atoms. The van der Waals surface area contributed by atoms with E-state index < -0.39 is 0 Å². The summed E-state index contributed by atoms with van der Waals surface area (Å²) < 4.78 is 5.70. The van der Waals surface area contributed by atoms with E-state index in [0.717, 1.165) is 19.1 Å². The van der Waals surface area contributed by atoms with E-state index in [1.165, 1.54) is 5.56 Å². The first-order chi connectivity index (χ1) is 9.67. The van der Waals surface area contributed by atoms with Crippen molar-refractivity contribution in [2.75, 3.05) is 6.61 Å². The molecule has 108 valence electrons. The second-order valence-electron chi connectivity index (χ2n) is 5.28. The van der Waals surface area contributed by atoms with Gasteiger partial charge in [-0.15, -0.1) is 0 Å². The first-order valence-corrected chi connectivity index (χ1v) is 7.03. The van der Waals surface area contributed by atoms with Crippen molar-refractivity contribution in [3.63, 3.8) is 0 Å². The zero-order valence-electron chi connectivity index (χ0n) is 12.2. The number of ether oxygens (including phenoxy) is 1. The van der Waals surface area contributed by atoms with Gasteiger partial charge in [0.1, 0.15) is 0 Å². The summed E-state index contributed by atoms with van der Waals surface area (Å²) in [5.41, 5.74) is 1.63. The Hall–Kier alpha value is -1.79. The molecule has 3 nitrogen and oxygen atoms in total. The highest BCUT2D eigenvalue weighted by atomic mass is 16.5. The molecule has 0 fully saturated rings. The molecule has 0 spiro atoms. The average molecular weight is 273 g/mol. The van der Waals surface area contributed by atoms with E-state index >= 15 is 0 Å². The third-order valence-corrected chi connectivity index (χ3v) is 3.41. The Morgan fingerprint density at radius 1 is 1.30 bits per heavy atom. The third kappa shape index (κ3) is 5.90. The summed E-state index contributed by atoms with van der Waals surface area (Å²) in [5, 5.41) is 17.7. The van der Waals surface area contributed by atoms with Gasteiger partial charge >= 0.3 is 0 Å². The number of hydrogen-bond donors (Lipinski definition) is 1. The van der Waals surface area contributed by atoms with Gasteiger partial charge in [-0.1, -0.05) is 44.2 Å². The van der Waals surface area contributed by atoms with Gasteiger partial charge in [0.2, 0.25) is 0 Å². The molecule has 0 aliphatic heterocycles. The van der Waals surface area contributed by atoms with Crippen molar-refractivity contribution in [3.8, 4) is 6.07 Å². The SMILES string of the molecule is CC(CC[C@H](C)COCc1ccccc1)/C(C#N)=C/O. The summed E-state index contributed by atoms with van der Waals surface area (Å²) in [7, 11) is 0. The summed E-state index contributed by atoms with van der Waals surface area (Å²) in [4.78, 5) is 0. The normalized spacial score (nSPS) is 14.6. The van der Waals surface area contributed by atoms with Crippen molar-refractivity contribution >= 4 is 0 Å². The van der Waals surface area contributed by atoms with Crippen molar-refractivity contribution < 1.29 is 9.84 Å². The lowest BCUT2D eigenvalue weighted by molar-refractivity contribution is 0.0880. The lowest BCUT2D eigenvalue weighted by Crippen LogP contribution is -2.08. The minimum absolute atomic E-state index is 0.0987. The fraction of sp³-hybridized carbons (Fsp3) is 0.471. The molecule has 1 N–H and O–H groups in total. The van der Waals surface area contributed by atoms with Gasteiger partial charge in [-0.3, -0.25) is 0 Å². The molecule has 0 amide bonds. The quantitative estimate of drug-likeness (QED) is 0.570. The molecular weight excluding hydrogens is 250 g/mol. The maximum atomic E-state index is 8.92. The Bertz CT molecular complexity index is 448. The smallest absolute Gasteiger partial charge is 0.0982 e. The summed E-state index contributed by atoms with van der Waals surface area (Å²) in [6.07, 6.45) is 2.78. The van der Waals surface area contributed by atoms with Gasteiger partial charge in [0.05, 0.1) is 24.5 Å². The van der Waals surface area contributed by atoms with Crippen LogP contribution in [-0.2, 0) is 11.3 Å². The summed E-state index contributed by atoms with van der Waals surface area (Å²) in [5.74, 6) is 0.543. The van der Waals surface area contributed by atoms with E-state index in [1.807, 2.05) is 31.2 Å². The molecule has 1 unspecified atom stereocenters. The lowest BCUT2D eigenvalue weighted by atomic mass is 9.94. The Labute approximate surface area is 121 Å². The summed E-state index contributed by atoms with van der Waals surface area (Å²) in [6.45, 7) is 5.46. The zero-order valence-corrected chi connectivity index (χ0v) is 12.2. The molecule has 0 radical (unpaired) electrons. The number of benzene rings is 1. The van der Waals surface area contributed by atoms with E-state index in [0.29, 0.717) is 24.7 Å². The van der Waals surface area contributed by atoms with Crippen molar-refractivity contribution in [2.45, 2.75) is 33.3 Å². The molecule has 3 heteroatoms. The molecule has 0 saturated carbocycles. The van der Waals surface area contributed by atoms with Crippen molar-refractivity contribution in [2.24, 2.45) is 11.8 Å². The highest BCUT2D eigenvalue weighted by Gasteiger charge is 2.11. The molecule has 0 bridgehead atoms. The first-order valence-electron chi connectivity index (χ1n) is 7.03. The Morgan fingerprint density at radius 2 is 2.00 bits per heavy atom. The molecule has 1 aromatic carbocycles. The van der Waals surface area contributed by atoms with Gasteiger partial charge < -0.3 is 9.84 Å². The van der Waals surface area contributed by atoms with Crippen LogP contribution in [0, 0.1) is 23.2 Å². The molecule has 0 aromatic heterocycles. The number of aliphatic hydroxyl groups excluding tert-OH is 1. The van der Waals surface area contributed by atoms with E-state index in [-0.39, 0.29) is 5.92 Å². The van der Waals surface area contributed by atoms with Crippen LogP contribution in [0.1, 0.15) is 32.3 Å². The zero-order chi connectivity index (χ0) is 14.8. The van der Waals surface area contributed by atoms with Gasteiger partial charge in [-0.2, -0.15) is 5.26 Å². The molecular formula is C17H23NO2. The molecule has 1 aromatic rings. The van der Waals surface area contributed by atoms with Crippen LogP contribution in [0.25, 0.3) is 0 Å². The van der Waals surface area contributed by atoms with Gasteiger partial charge in [0.15, 0.2) is 0 Å². The monoisotopic (exact) mass is 273 g/mol. The largest absolute Gasteiger partial charge is 0.515 e. The van der Waals surface area contributed by atoms with Crippen LogP contribution < -0.4 is 0 Å². The second-order valence-corrected chi connectivity index (χ2v) is 5.28. The maximum Gasteiger partial charge on any atom is 0.0982 e. The molecule has 0 heterocycles. The molecule has 0 aliphatic rings.